The summed E-state index contributed by atoms with van der Waals surface area (Å²) in [4.78, 5) is 31.0. The van der Waals surface area contributed by atoms with Crippen LogP contribution in [0.5, 0.6) is 0 Å². The number of hydrogen-bond acceptors (Lipinski definition) is 6. The summed E-state index contributed by atoms with van der Waals surface area (Å²) in [5.41, 5.74) is 0.787. The van der Waals surface area contributed by atoms with Crippen LogP contribution in [-0.2, 0) is 17.8 Å². The van der Waals surface area contributed by atoms with E-state index in [1.807, 2.05) is 6.19 Å². The minimum atomic E-state index is -0.967. The van der Waals surface area contributed by atoms with E-state index in [1.54, 1.807) is 0 Å². The molecule has 9 heteroatoms. The zero-order chi connectivity index (χ0) is 15.7. The number of carbonyl (C=O) groups excluding carboxylic acids is 1. The predicted molar refractivity (Wildman–Crippen MR) is 78.3 cm³/mol. The number of fused-ring (bicyclic) bond motifs is 1. The van der Waals surface area contributed by atoms with Gasteiger partial charge in [0, 0.05) is 24.4 Å². The van der Waals surface area contributed by atoms with Crippen molar-refractivity contribution < 1.29 is 14.7 Å². The van der Waals surface area contributed by atoms with Crippen molar-refractivity contribution in [3.63, 3.8) is 0 Å². The number of aromatic nitrogens is 1. The normalized spacial score (nSPS) is 20.3. The standard InChI is InChI=1S/C13H15N5O3S/c14-7-18(11(19)8-1-3-15-5-8)12-16-9-2-4-17(13(20)21)6-10(9)22-12/h8,15H,1-6H2,(H,20,21). The lowest BCUT2D eigenvalue weighted by Crippen LogP contribution is -2.34. The molecule has 116 valence electrons. The molecule has 1 saturated heterocycles. The predicted octanol–water partition coefficient (Wildman–Crippen LogP) is 0.603. The number of nitriles is 1. The Balaban J connectivity index is 1.81. The molecular formula is C13H15N5O3S. The Morgan fingerprint density at radius 2 is 2.36 bits per heavy atom. The van der Waals surface area contributed by atoms with Gasteiger partial charge < -0.3 is 15.3 Å². The molecule has 1 atom stereocenters. The van der Waals surface area contributed by atoms with Gasteiger partial charge in [0.05, 0.1) is 18.2 Å². The summed E-state index contributed by atoms with van der Waals surface area (Å²) in [7, 11) is 0. The fourth-order valence-corrected chi connectivity index (χ4v) is 3.76. The number of anilines is 1. The van der Waals surface area contributed by atoms with Gasteiger partial charge in [0.25, 0.3) is 0 Å². The molecule has 3 rings (SSSR count). The third-order valence-electron chi connectivity index (χ3n) is 3.91. The van der Waals surface area contributed by atoms with Crippen LogP contribution in [0.15, 0.2) is 0 Å². The van der Waals surface area contributed by atoms with Crippen molar-refractivity contribution in [1.29, 1.82) is 5.26 Å². The maximum absolute atomic E-state index is 12.4. The first-order valence-electron chi connectivity index (χ1n) is 7.01. The Hall–Kier alpha value is -2.18. The summed E-state index contributed by atoms with van der Waals surface area (Å²) in [5, 5.41) is 21.8. The average molecular weight is 321 g/mol. The molecule has 0 saturated carbocycles. The van der Waals surface area contributed by atoms with E-state index in [-0.39, 0.29) is 18.4 Å². The SMILES string of the molecule is N#CN(C(=O)C1CCNC1)c1nc2c(s1)CN(C(=O)O)CC2. The van der Waals surface area contributed by atoms with Gasteiger partial charge in [-0.25, -0.2) is 9.78 Å². The average Bonchev–Trinajstić information content (AvgIpc) is 3.16. The van der Waals surface area contributed by atoms with Gasteiger partial charge in [-0.05, 0) is 13.0 Å². The Morgan fingerprint density at radius 1 is 1.55 bits per heavy atom. The van der Waals surface area contributed by atoms with E-state index >= 15 is 0 Å². The van der Waals surface area contributed by atoms with Gasteiger partial charge >= 0.3 is 6.09 Å². The molecule has 8 nitrogen and oxygen atoms in total. The van der Waals surface area contributed by atoms with Gasteiger partial charge in [-0.15, -0.1) is 0 Å². The number of amides is 2. The molecule has 1 aromatic heterocycles. The molecule has 2 aliphatic rings. The van der Waals surface area contributed by atoms with Gasteiger partial charge in [-0.3, -0.25) is 4.79 Å². The first kappa shape index (κ1) is 14.7. The minimum Gasteiger partial charge on any atom is -0.465 e. The second-order valence-corrected chi connectivity index (χ2v) is 6.35. The van der Waals surface area contributed by atoms with Crippen molar-refractivity contribution in [3.8, 4) is 6.19 Å². The molecule has 1 unspecified atom stereocenters. The summed E-state index contributed by atoms with van der Waals surface area (Å²) < 4.78 is 0. The molecule has 0 radical (unpaired) electrons. The number of nitrogens with one attached hydrogen (secondary N) is 1. The Labute approximate surface area is 131 Å². The van der Waals surface area contributed by atoms with Gasteiger partial charge in [0.15, 0.2) is 6.19 Å². The fraction of sp³-hybridized carbons (Fsp3) is 0.538. The van der Waals surface area contributed by atoms with Crippen molar-refractivity contribution in [2.45, 2.75) is 19.4 Å². The summed E-state index contributed by atoms with van der Waals surface area (Å²) >= 11 is 1.22. The van der Waals surface area contributed by atoms with Gasteiger partial charge in [-0.2, -0.15) is 10.2 Å². The number of carbonyl (C=O) groups is 2. The van der Waals surface area contributed by atoms with E-state index in [2.05, 4.69) is 10.3 Å². The molecule has 0 aliphatic carbocycles. The van der Waals surface area contributed by atoms with Crippen LogP contribution in [-0.4, -0.2) is 46.6 Å². The zero-order valence-corrected chi connectivity index (χ0v) is 12.6. The highest BCUT2D eigenvalue weighted by Crippen LogP contribution is 2.31. The van der Waals surface area contributed by atoms with E-state index < -0.39 is 6.09 Å². The van der Waals surface area contributed by atoms with Crippen molar-refractivity contribution in [3.05, 3.63) is 10.6 Å². The van der Waals surface area contributed by atoms with Gasteiger partial charge in [-0.1, -0.05) is 11.3 Å². The fourth-order valence-electron chi connectivity index (χ4n) is 2.68. The molecule has 0 spiro atoms. The third-order valence-corrected chi connectivity index (χ3v) is 4.98. The molecule has 2 amide bonds. The van der Waals surface area contributed by atoms with Crippen LogP contribution in [0, 0.1) is 17.4 Å². The molecule has 1 aromatic rings. The first-order valence-corrected chi connectivity index (χ1v) is 7.82. The number of rotatable bonds is 2. The molecule has 1 fully saturated rings. The number of hydrogen-bond donors (Lipinski definition) is 2. The van der Waals surface area contributed by atoms with E-state index in [9.17, 15) is 14.9 Å². The van der Waals surface area contributed by atoms with Crippen LogP contribution in [0.4, 0.5) is 9.93 Å². The summed E-state index contributed by atoms with van der Waals surface area (Å²) in [6.45, 7) is 2.01. The first-order chi connectivity index (χ1) is 10.6. The number of thiazole rings is 1. The van der Waals surface area contributed by atoms with Crippen LogP contribution >= 0.6 is 11.3 Å². The van der Waals surface area contributed by atoms with E-state index in [4.69, 9.17) is 5.11 Å². The topological polar surface area (TPSA) is 110 Å². The smallest absolute Gasteiger partial charge is 0.407 e. The Bertz CT molecular complexity index is 647. The molecular weight excluding hydrogens is 306 g/mol. The lowest BCUT2D eigenvalue weighted by Gasteiger charge is -2.22. The second kappa shape index (κ2) is 5.90. The highest BCUT2D eigenvalue weighted by atomic mass is 32.1. The van der Waals surface area contributed by atoms with Crippen molar-refractivity contribution in [2.24, 2.45) is 5.92 Å². The molecule has 0 aromatic carbocycles. The quantitative estimate of drug-likeness (QED) is 0.610. The summed E-state index contributed by atoms with van der Waals surface area (Å²) in [6, 6.07) is 0. The highest BCUT2D eigenvalue weighted by Gasteiger charge is 2.32. The minimum absolute atomic E-state index is 0.198. The highest BCUT2D eigenvalue weighted by molar-refractivity contribution is 7.16. The Morgan fingerprint density at radius 3 is 3.00 bits per heavy atom. The Kier molecular flexibility index (Phi) is 3.96. The van der Waals surface area contributed by atoms with E-state index in [0.29, 0.717) is 24.6 Å². The van der Waals surface area contributed by atoms with E-state index in [0.717, 1.165) is 28.4 Å². The monoisotopic (exact) mass is 321 g/mol. The van der Waals surface area contributed by atoms with Gasteiger partial charge in [0.1, 0.15) is 0 Å². The van der Waals surface area contributed by atoms with Crippen molar-refractivity contribution in [2.75, 3.05) is 24.5 Å². The lowest BCUT2D eigenvalue weighted by molar-refractivity contribution is -0.121. The second-order valence-electron chi connectivity index (χ2n) is 5.28. The molecule has 2 N–H and O–H groups in total. The van der Waals surface area contributed by atoms with Crippen LogP contribution in [0.25, 0.3) is 0 Å². The van der Waals surface area contributed by atoms with Crippen LogP contribution in [0.1, 0.15) is 17.0 Å². The maximum Gasteiger partial charge on any atom is 0.407 e. The lowest BCUT2D eigenvalue weighted by atomic mass is 10.1. The number of carboxylic acid groups (broad SMARTS) is 1. The molecule has 0 bridgehead atoms. The third kappa shape index (κ3) is 2.63. The molecule has 22 heavy (non-hydrogen) atoms. The zero-order valence-electron chi connectivity index (χ0n) is 11.8. The van der Waals surface area contributed by atoms with Crippen LogP contribution < -0.4 is 10.2 Å². The van der Waals surface area contributed by atoms with Crippen molar-refractivity contribution >= 4 is 28.5 Å². The maximum atomic E-state index is 12.4. The van der Waals surface area contributed by atoms with Crippen molar-refractivity contribution in [1.82, 2.24) is 15.2 Å². The molecule has 2 aliphatic heterocycles. The summed E-state index contributed by atoms with van der Waals surface area (Å²) in [5.74, 6) is -0.440. The number of nitrogens with zero attached hydrogens (tertiary/aromatic N) is 4. The van der Waals surface area contributed by atoms with E-state index in [1.165, 1.54) is 16.2 Å². The van der Waals surface area contributed by atoms with Crippen LogP contribution in [0.2, 0.25) is 0 Å². The van der Waals surface area contributed by atoms with Crippen LogP contribution in [0.3, 0.4) is 0 Å². The largest absolute Gasteiger partial charge is 0.465 e. The molecule has 3 heterocycles. The van der Waals surface area contributed by atoms with Gasteiger partial charge in [0.2, 0.25) is 11.0 Å². The summed E-state index contributed by atoms with van der Waals surface area (Å²) in [6.07, 6.45) is 2.17.